The number of rotatable bonds is 0. The van der Waals surface area contributed by atoms with Crippen LogP contribution in [0.25, 0.3) is 10.9 Å². The molecule has 2 rings (SSSR count). The zero-order chi connectivity index (χ0) is 11.9. The Hall–Kier alpha value is -0.790. The van der Waals surface area contributed by atoms with Gasteiger partial charge in [-0.2, -0.15) is 0 Å². The van der Waals surface area contributed by atoms with Crippen molar-refractivity contribution in [1.29, 1.82) is 0 Å². The highest BCUT2D eigenvalue weighted by Crippen LogP contribution is 2.35. The maximum atomic E-state index is 6.25. The Morgan fingerprint density at radius 2 is 1.81 bits per heavy atom. The lowest BCUT2D eigenvalue weighted by Crippen LogP contribution is -2.12. The number of aromatic nitrogens is 1. The highest BCUT2D eigenvalue weighted by Gasteiger charge is 2.18. The van der Waals surface area contributed by atoms with E-state index in [2.05, 4.69) is 25.8 Å². The fourth-order valence-electron chi connectivity index (χ4n) is 1.83. The van der Waals surface area contributed by atoms with E-state index >= 15 is 0 Å². The van der Waals surface area contributed by atoms with Crippen molar-refractivity contribution < 1.29 is 0 Å². The molecule has 0 aliphatic carbocycles. The van der Waals surface area contributed by atoms with Gasteiger partial charge in [0.1, 0.15) is 0 Å². The van der Waals surface area contributed by atoms with Crippen molar-refractivity contribution in [3.63, 3.8) is 0 Å². The Kier molecular flexibility index (Phi) is 2.85. The first-order valence-corrected chi connectivity index (χ1v) is 5.89. The van der Waals surface area contributed by atoms with E-state index in [0.29, 0.717) is 10.0 Å². The summed E-state index contributed by atoms with van der Waals surface area (Å²) in [5.74, 6) is 0. The standard InChI is InChI=1S/C13H13Cl2N/c1-13(2,3)9-4-5-16-11-7-8(14)6-10(15)12(9)11/h4-7H,1-3H3. The SMILES string of the molecule is CC(C)(C)c1ccnc2cc(Cl)cc(Cl)c12. The molecule has 0 aliphatic heterocycles. The van der Waals surface area contributed by atoms with Crippen molar-refractivity contribution in [2.45, 2.75) is 26.2 Å². The molecule has 0 fully saturated rings. The summed E-state index contributed by atoms with van der Waals surface area (Å²) in [7, 11) is 0. The van der Waals surface area contributed by atoms with E-state index in [9.17, 15) is 0 Å². The molecule has 1 aromatic carbocycles. The minimum atomic E-state index is 0.0403. The van der Waals surface area contributed by atoms with Gasteiger partial charge in [-0.3, -0.25) is 4.98 Å². The maximum Gasteiger partial charge on any atom is 0.0734 e. The summed E-state index contributed by atoms with van der Waals surface area (Å²) in [5, 5.41) is 2.29. The van der Waals surface area contributed by atoms with Gasteiger partial charge in [0, 0.05) is 16.6 Å². The number of pyridine rings is 1. The largest absolute Gasteiger partial charge is 0.256 e. The van der Waals surface area contributed by atoms with Gasteiger partial charge in [0.15, 0.2) is 0 Å². The molecule has 0 saturated heterocycles. The molecular weight excluding hydrogens is 241 g/mol. The van der Waals surface area contributed by atoms with Crippen LogP contribution in [0.1, 0.15) is 26.3 Å². The highest BCUT2D eigenvalue weighted by atomic mass is 35.5. The third-order valence-electron chi connectivity index (χ3n) is 2.57. The number of nitrogens with zero attached hydrogens (tertiary/aromatic N) is 1. The van der Waals surface area contributed by atoms with Gasteiger partial charge < -0.3 is 0 Å². The lowest BCUT2D eigenvalue weighted by Gasteiger charge is -2.21. The zero-order valence-electron chi connectivity index (χ0n) is 9.51. The van der Waals surface area contributed by atoms with Crippen LogP contribution in [0, 0.1) is 0 Å². The summed E-state index contributed by atoms with van der Waals surface area (Å²) < 4.78 is 0. The van der Waals surface area contributed by atoms with E-state index in [4.69, 9.17) is 23.2 Å². The first kappa shape index (κ1) is 11.7. The van der Waals surface area contributed by atoms with Gasteiger partial charge in [0.2, 0.25) is 0 Å². The number of benzene rings is 1. The quantitative estimate of drug-likeness (QED) is 0.655. The van der Waals surface area contributed by atoms with Crippen LogP contribution in [0.4, 0.5) is 0 Å². The van der Waals surface area contributed by atoms with Crippen molar-refractivity contribution in [2.24, 2.45) is 0 Å². The molecule has 0 bridgehead atoms. The molecule has 0 radical (unpaired) electrons. The topological polar surface area (TPSA) is 12.9 Å². The number of hydrogen-bond acceptors (Lipinski definition) is 1. The number of fused-ring (bicyclic) bond motifs is 1. The molecule has 1 heterocycles. The third-order valence-corrected chi connectivity index (χ3v) is 3.08. The predicted molar refractivity (Wildman–Crippen MR) is 70.5 cm³/mol. The van der Waals surface area contributed by atoms with E-state index in [-0.39, 0.29) is 5.41 Å². The van der Waals surface area contributed by atoms with Crippen LogP contribution < -0.4 is 0 Å². The smallest absolute Gasteiger partial charge is 0.0734 e. The molecule has 84 valence electrons. The molecule has 16 heavy (non-hydrogen) atoms. The molecule has 3 heteroatoms. The second kappa shape index (κ2) is 3.90. The van der Waals surface area contributed by atoms with E-state index < -0.39 is 0 Å². The zero-order valence-corrected chi connectivity index (χ0v) is 11.0. The highest BCUT2D eigenvalue weighted by molar-refractivity contribution is 6.38. The van der Waals surface area contributed by atoms with Gasteiger partial charge in [-0.05, 0) is 29.2 Å². The molecule has 0 amide bonds. The third kappa shape index (κ3) is 2.02. The summed E-state index contributed by atoms with van der Waals surface area (Å²) in [4.78, 5) is 4.31. The van der Waals surface area contributed by atoms with Gasteiger partial charge in [0.25, 0.3) is 0 Å². The monoisotopic (exact) mass is 253 g/mol. The summed E-state index contributed by atoms with van der Waals surface area (Å²) in [5.41, 5.74) is 2.09. The van der Waals surface area contributed by atoms with E-state index in [1.165, 1.54) is 5.56 Å². The fraction of sp³-hybridized carbons (Fsp3) is 0.308. The number of hydrogen-bond donors (Lipinski definition) is 0. The lowest BCUT2D eigenvalue weighted by molar-refractivity contribution is 0.595. The normalized spacial score (nSPS) is 12.1. The fourth-order valence-corrected chi connectivity index (χ4v) is 2.41. The van der Waals surface area contributed by atoms with Crippen molar-refractivity contribution in [1.82, 2.24) is 4.98 Å². The van der Waals surface area contributed by atoms with Crippen LogP contribution in [-0.2, 0) is 5.41 Å². The molecular formula is C13H13Cl2N. The average molecular weight is 254 g/mol. The van der Waals surface area contributed by atoms with Crippen LogP contribution in [0.15, 0.2) is 24.4 Å². The van der Waals surface area contributed by atoms with Crippen LogP contribution in [0.5, 0.6) is 0 Å². The van der Waals surface area contributed by atoms with Gasteiger partial charge >= 0.3 is 0 Å². The second-order valence-corrected chi connectivity index (χ2v) is 5.73. The Morgan fingerprint density at radius 3 is 2.44 bits per heavy atom. The molecule has 0 spiro atoms. The van der Waals surface area contributed by atoms with Crippen molar-refractivity contribution in [2.75, 3.05) is 0 Å². The van der Waals surface area contributed by atoms with Gasteiger partial charge in [-0.15, -0.1) is 0 Å². The van der Waals surface area contributed by atoms with Crippen molar-refractivity contribution in [3.8, 4) is 0 Å². The molecule has 2 aromatic rings. The van der Waals surface area contributed by atoms with E-state index in [1.54, 1.807) is 12.3 Å². The molecule has 0 aliphatic rings. The molecule has 0 saturated carbocycles. The van der Waals surface area contributed by atoms with Crippen LogP contribution in [-0.4, -0.2) is 4.98 Å². The average Bonchev–Trinajstić information content (AvgIpc) is 2.14. The van der Waals surface area contributed by atoms with Gasteiger partial charge in [-0.1, -0.05) is 44.0 Å². The van der Waals surface area contributed by atoms with Gasteiger partial charge in [-0.25, -0.2) is 0 Å². The molecule has 0 atom stereocenters. The minimum absolute atomic E-state index is 0.0403. The summed E-state index contributed by atoms with van der Waals surface area (Å²) in [6.07, 6.45) is 1.80. The Labute approximate surface area is 105 Å². The van der Waals surface area contributed by atoms with Crippen molar-refractivity contribution in [3.05, 3.63) is 40.0 Å². The second-order valence-electron chi connectivity index (χ2n) is 4.89. The van der Waals surface area contributed by atoms with Gasteiger partial charge in [0.05, 0.1) is 10.5 Å². The Morgan fingerprint density at radius 1 is 1.12 bits per heavy atom. The Balaban J connectivity index is 2.87. The summed E-state index contributed by atoms with van der Waals surface area (Å²) in [6, 6.07) is 5.63. The molecule has 1 aromatic heterocycles. The van der Waals surface area contributed by atoms with E-state index in [0.717, 1.165) is 10.9 Å². The summed E-state index contributed by atoms with van der Waals surface area (Å²) >= 11 is 12.2. The van der Waals surface area contributed by atoms with Crippen LogP contribution >= 0.6 is 23.2 Å². The molecule has 0 unspecified atom stereocenters. The number of halogens is 2. The van der Waals surface area contributed by atoms with Crippen LogP contribution in [0.3, 0.4) is 0 Å². The molecule has 0 N–H and O–H groups in total. The van der Waals surface area contributed by atoms with E-state index in [1.807, 2.05) is 12.1 Å². The summed E-state index contributed by atoms with van der Waals surface area (Å²) in [6.45, 7) is 6.48. The predicted octanol–water partition coefficient (Wildman–Crippen LogP) is 4.84. The van der Waals surface area contributed by atoms with Crippen LogP contribution in [0.2, 0.25) is 10.0 Å². The first-order chi connectivity index (χ1) is 7.39. The molecule has 1 nitrogen and oxygen atoms in total. The lowest BCUT2D eigenvalue weighted by atomic mass is 9.85. The Bertz CT molecular complexity index is 541. The first-order valence-electron chi connectivity index (χ1n) is 5.14. The van der Waals surface area contributed by atoms with Crippen molar-refractivity contribution >= 4 is 34.1 Å². The maximum absolute atomic E-state index is 6.25. The minimum Gasteiger partial charge on any atom is -0.256 e.